The van der Waals surface area contributed by atoms with Gasteiger partial charge in [-0.15, -0.1) is 0 Å². The molecule has 0 N–H and O–H groups in total. The van der Waals surface area contributed by atoms with E-state index in [1.54, 1.807) is 12.4 Å². The van der Waals surface area contributed by atoms with Crippen molar-refractivity contribution in [1.29, 1.82) is 0 Å². The highest BCUT2D eigenvalue weighted by atomic mass is 16.5. The molecule has 2 aliphatic rings. The van der Waals surface area contributed by atoms with Crippen molar-refractivity contribution in [2.24, 2.45) is 0 Å². The molecule has 0 bridgehead atoms. The Morgan fingerprint density at radius 3 is 2.62 bits per heavy atom. The van der Waals surface area contributed by atoms with E-state index in [1.165, 1.54) is 0 Å². The first-order valence-electron chi connectivity index (χ1n) is 8.41. The molecule has 0 radical (unpaired) electrons. The number of rotatable bonds is 3. The number of amides is 2. The van der Waals surface area contributed by atoms with Gasteiger partial charge in [-0.3, -0.25) is 4.98 Å². The topological polar surface area (TPSA) is 65.0 Å². The smallest absolute Gasteiger partial charge is 0.320 e. The van der Waals surface area contributed by atoms with Gasteiger partial charge in [-0.1, -0.05) is 0 Å². The first-order valence-corrected chi connectivity index (χ1v) is 8.41. The van der Waals surface area contributed by atoms with Gasteiger partial charge in [-0.25, -0.2) is 4.79 Å². The summed E-state index contributed by atoms with van der Waals surface area (Å²) in [6.45, 7) is 4.82. The number of aromatic nitrogens is 2. The predicted octanol–water partition coefficient (Wildman–Crippen LogP) is 0.363. The van der Waals surface area contributed by atoms with Gasteiger partial charge in [0.2, 0.25) is 5.88 Å². The minimum atomic E-state index is -0.0203. The van der Waals surface area contributed by atoms with Crippen LogP contribution >= 0.6 is 0 Å². The number of ether oxygens (including phenoxy) is 1. The summed E-state index contributed by atoms with van der Waals surface area (Å²) in [6.07, 6.45) is 4.13. The van der Waals surface area contributed by atoms with Gasteiger partial charge in [-0.2, -0.15) is 4.98 Å². The molecule has 3 heterocycles. The van der Waals surface area contributed by atoms with E-state index in [0.29, 0.717) is 12.4 Å². The van der Waals surface area contributed by atoms with E-state index >= 15 is 0 Å². The molecule has 0 saturated carbocycles. The highest BCUT2D eigenvalue weighted by Crippen LogP contribution is 2.19. The summed E-state index contributed by atoms with van der Waals surface area (Å²) in [6, 6.07) is 0.127. The first-order chi connectivity index (χ1) is 11.5. The van der Waals surface area contributed by atoms with E-state index in [2.05, 4.69) is 21.9 Å². The Labute approximate surface area is 143 Å². The number of hydrogen-bond acceptors (Lipinski definition) is 6. The van der Waals surface area contributed by atoms with Crippen molar-refractivity contribution < 1.29 is 9.53 Å². The molecule has 3 rings (SSSR count). The number of anilines is 1. The summed E-state index contributed by atoms with van der Waals surface area (Å²) in [4.78, 5) is 29.1. The van der Waals surface area contributed by atoms with Crippen molar-refractivity contribution in [2.75, 3.05) is 65.3 Å². The highest BCUT2D eigenvalue weighted by molar-refractivity contribution is 5.75. The number of likely N-dealkylation sites (tertiary alicyclic amines) is 1. The number of piperazine rings is 1. The normalized spacial score (nSPS) is 21.9. The van der Waals surface area contributed by atoms with Crippen LogP contribution in [0.1, 0.15) is 6.42 Å². The Bertz CT molecular complexity index is 573. The van der Waals surface area contributed by atoms with Crippen molar-refractivity contribution in [3.63, 3.8) is 0 Å². The lowest BCUT2D eigenvalue weighted by Crippen LogP contribution is -2.51. The molecule has 8 heteroatoms. The first kappa shape index (κ1) is 16.8. The number of carbonyl (C=O) groups is 1. The largest absolute Gasteiger partial charge is 0.471 e. The van der Waals surface area contributed by atoms with Crippen LogP contribution in [0.15, 0.2) is 12.4 Å². The molecule has 1 atom stereocenters. The Morgan fingerprint density at radius 1 is 1.17 bits per heavy atom. The van der Waals surface area contributed by atoms with Gasteiger partial charge < -0.3 is 24.3 Å². The third-order valence-corrected chi connectivity index (χ3v) is 4.53. The van der Waals surface area contributed by atoms with Crippen molar-refractivity contribution >= 4 is 11.8 Å². The highest BCUT2D eigenvalue weighted by Gasteiger charge is 2.31. The monoisotopic (exact) mass is 334 g/mol. The van der Waals surface area contributed by atoms with E-state index in [-0.39, 0.29) is 12.1 Å². The van der Waals surface area contributed by atoms with Crippen LogP contribution in [-0.4, -0.2) is 97.2 Å². The molecule has 2 aliphatic heterocycles. The third kappa shape index (κ3) is 3.87. The zero-order valence-electron chi connectivity index (χ0n) is 14.7. The average molecular weight is 334 g/mol. The molecule has 1 aromatic rings. The number of carbonyl (C=O) groups excluding carboxylic acids is 1. The van der Waals surface area contributed by atoms with Crippen molar-refractivity contribution in [1.82, 2.24) is 24.7 Å². The van der Waals surface area contributed by atoms with Crippen LogP contribution in [0.3, 0.4) is 0 Å². The van der Waals surface area contributed by atoms with E-state index < -0.39 is 0 Å². The van der Waals surface area contributed by atoms with Gasteiger partial charge in [0.15, 0.2) is 5.82 Å². The van der Waals surface area contributed by atoms with Crippen LogP contribution in [0.4, 0.5) is 10.6 Å². The SMILES string of the molecule is CN1CCN(C(=O)N2CC[C@H](Oc3cncc(N(C)C)n3)C2)CC1. The second-order valence-corrected chi connectivity index (χ2v) is 6.66. The average Bonchev–Trinajstić information content (AvgIpc) is 3.03. The Hall–Kier alpha value is -2.09. The quantitative estimate of drug-likeness (QED) is 0.795. The number of likely N-dealkylation sites (N-methyl/N-ethyl adjacent to an activating group) is 1. The molecular formula is C16H26N6O2. The number of nitrogens with zero attached hydrogens (tertiary/aromatic N) is 6. The van der Waals surface area contributed by atoms with Crippen LogP contribution in [0.2, 0.25) is 0 Å². The maximum absolute atomic E-state index is 12.6. The lowest BCUT2D eigenvalue weighted by molar-refractivity contribution is 0.123. The predicted molar refractivity (Wildman–Crippen MR) is 91.4 cm³/mol. The standard InChI is InChI=1S/C16H26N6O2/c1-19(2)14-10-17-11-15(18-14)24-13-4-5-22(12-13)16(23)21-8-6-20(3)7-9-21/h10-11,13H,4-9,12H2,1-3H3/t13-/m0/s1. The maximum atomic E-state index is 12.6. The maximum Gasteiger partial charge on any atom is 0.320 e. The fourth-order valence-corrected chi connectivity index (χ4v) is 2.98. The van der Waals surface area contributed by atoms with Gasteiger partial charge >= 0.3 is 6.03 Å². The van der Waals surface area contributed by atoms with Crippen molar-refractivity contribution in [3.8, 4) is 5.88 Å². The van der Waals surface area contributed by atoms with E-state index in [4.69, 9.17) is 4.74 Å². The summed E-state index contributed by atoms with van der Waals surface area (Å²) in [5, 5.41) is 0. The summed E-state index contributed by atoms with van der Waals surface area (Å²) in [5.74, 6) is 1.27. The van der Waals surface area contributed by atoms with Gasteiger partial charge in [0, 0.05) is 53.2 Å². The molecule has 0 spiro atoms. The Balaban J connectivity index is 1.53. The van der Waals surface area contributed by atoms with Gasteiger partial charge in [0.1, 0.15) is 6.10 Å². The number of urea groups is 1. The molecule has 0 unspecified atom stereocenters. The summed E-state index contributed by atoms with van der Waals surface area (Å²) in [7, 11) is 5.92. The van der Waals surface area contributed by atoms with E-state index in [1.807, 2.05) is 28.8 Å². The lowest BCUT2D eigenvalue weighted by atomic mass is 10.3. The molecule has 2 saturated heterocycles. The zero-order valence-corrected chi connectivity index (χ0v) is 14.7. The molecule has 0 aliphatic carbocycles. The second-order valence-electron chi connectivity index (χ2n) is 6.66. The zero-order chi connectivity index (χ0) is 17.1. The fraction of sp³-hybridized carbons (Fsp3) is 0.688. The van der Waals surface area contributed by atoms with Crippen LogP contribution in [-0.2, 0) is 0 Å². The van der Waals surface area contributed by atoms with Gasteiger partial charge in [0.25, 0.3) is 0 Å². The molecule has 132 valence electrons. The van der Waals surface area contributed by atoms with E-state index in [9.17, 15) is 4.79 Å². The Kier molecular flexibility index (Phi) is 5.03. The molecule has 2 fully saturated rings. The van der Waals surface area contributed by atoms with E-state index in [0.717, 1.165) is 45.0 Å². The van der Waals surface area contributed by atoms with Crippen LogP contribution < -0.4 is 9.64 Å². The van der Waals surface area contributed by atoms with Crippen LogP contribution in [0, 0.1) is 0 Å². The molecular weight excluding hydrogens is 308 g/mol. The minimum Gasteiger partial charge on any atom is -0.471 e. The van der Waals surface area contributed by atoms with Crippen LogP contribution in [0.25, 0.3) is 0 Å². The third-order valence-electron chi connectivity index (χ3n) is 4.53. The van der Waals surface area contributed by atoms with Crippen molar-refractivity contribution in [2.45, 2.75) is 12.5 Å². The number of hydrogen-bond donors (Lipinski definition) is 0. The fourth-order valence-electron chi connectivity index (χ4n) is 2.98. The molecule has 8 nitrogen and oxygen atoms in total. The van der Waals surface area contributed by atoms with Gasteiger partial charge in [-0.05, 0) is 7.05 Å². The Morgan fingerprint density at radius 2 is 1.92 bits per heavy atom. The second kappa shape index (κ2) is 7.21. The summed E-state index contributed by atoms with van der Waals surface area (Å²) in [5.41, 5.74) is 0. The minimum absolute atomic E-state index is 0.0203. The molecule has 1 aromatic heterocycles. The molecule has 0 aromatic carbocycles. The van der Waals surface area contributed by atoms with Crippen molar-refractivity contribution in [3.05, 3.63) is 12.4 Å². The van der Waals surface area contributed by atoms with Gasteiger partial charge in [0.05, 0.1) is 18.9 Å². The molecule has 2 amide bonds. The summed E-state index contributed by atoms with van der Waals surface area (Å²) >= 11 is 0. The lowest BCUT2D eigenvalue weighted by Gasteiger charge is -2.34. The summed E-state index contributed by atoms with van der Waals surface area (Å²) < 4.78 is 5.93. The molecule has 24 heavy (non-hydrogen) atoms. The van der Waals surface area contributed by atoms with Crippen LogP contribution in [0.5, 0.6) is 5.88 Å².